The van der Waals surface area contributed by atoms with Gasteiger partial charge in [0.05, 0.1) is 6.04 Å². The molecule has 1 aromatic rings. The van der Waals surface area contributed by atoms with Gasteiger partial charge in [-0.25, -0.2) is 4.39 Å². The van der Waals surface area contributed by atoms with E-state index in [9.17, 15) is 9.18 Å². The van der Waals surface area contributed by atoms with Crippen LogP contribution in [0.15, 0.2) is 24.3 Å². The minimum absolute atomic E-state index is 0.109. The quantitative estimate of drug-likeness (QED) is 0.892. The van der Waals surface area contributed by atoms with Crippen LogP contribution in [0, 0.1) is 11.7 Å². The molecular formula is C14H19FN2O. The molecule has 0 radical (unpaired) electrons. The number of rotatable bonds is 3. The van der Waals surface area contributed by atoms with Crippen LogP contribution in [0.3, 0.4) is 0 Å². The Morgan fingerprint density at radius 2 is 1.94 bits per heavy atom. The van der Waals surface area contributed by atoms with Crippen LogP contribution in [0.5, 0.6) is 0 Å². The first kappa shape index (κ1) is 13.0. The van der Waals surface area contributed by atoms with Crippen molar-refractivity contribution in [1.29, 1.82) is 0 Å². The molecule has 1 fully saturated rings. The Kier molecular flexibility index (Phi) is 3.66. The van der Waals surface area contributed by atoms with E-state index in [-0.39, 0.29) is 23.9 Å². The molecular weight excluding hydrogens is 231 g/mol. The Morgan fingerprint density at radius 3 is 2.50 bits per heavy atom. The van der Waals surface area contributed by atoms with Crippen molar-refractivity contribution < 1.29 is 9.18 Å². The van der Waals surface area contributed by atoms with Crippen molar-refractivity contribution >= 4 is 5.91 Å². The van der Waals surface area contributed by atoms with Crippen LogP contribution in [0.1, 0.15) is 32.0 Å². The normalized spacial score (nSPS) is 24.1. The van der Waals surface area contributed by atoms with E-state index in [4.69, 9.17) is 0 Å². The fourth-order valence-corrected chi connectivity index (χ4v) is 2.35. The summed E-state index contributed by atoms with van der Waals surface area (Å²) in [6.07, 6.45) is 0.669. The Bertz CT molecular complexity index is 430. The Labute approximate surface area is 107 Å². The van der Waals surface area contributed by atoms with Gasteiger partial charge >= 0.3 is 0 Å². The molecule has 98 valence electrons. The first-order valence-corrected chi connectivity index (χ1v) is 6.27. The molecule has 4 heteroatoms. The average molecular weight is 250 g/mol. The molecule has 1 aliphatic rings. The van der Waals surface area contributed by atoms with Gasteiger partial charge in [0, 0.05) is 7.05 Å². The summed E-state index contributed by atoms with van der Waals surface area (Å²) < 4.78 is 12.9. The molecule has 0 spiro atoms. The minimum atomic E-state index is -0.260. The van der Waals surface area contributed by atoms with Gasteiger partial charge in [0.15, 0.2) is 0 Å². The van der Waals surface area contributed by atoms with E-state index in [1.54, 1.807) is 24.1 Å². The zero-order valence-electron chi connectivity index (χ0n) is 11.0. The molecule has 1 saturated heterocycles. The molecule has 1 aromatic carbocycles. The van der Waals surface area contributed by atoms with Gasteiger partial charge in [-0.15, -0.1) is 0 Å². The van der Waals surface area contributed by atoms with Crippen molar-refractivity contribution in [1.82, 2.24) is 10.2 Å². The number of hydrogen-bond acceptors (Lipinski definition) is 2. The van der Waals surface area contributed by atoms with E-state index in [2.05, 4.69) is 19.2 Å². The highest BCUT2D eigenvalue weighted by atomic mass is 19.1. The Hall–Kier alpha value is -1.42. The van der Waals surface area contributed by atoms with Gasteiger partial charge in [-0.3, -0.25) is 10.1 Å². The Morgan fingerprint density at radius 1 is 1.33 bits per heavy atom. The number of amides is 1. The van der Waals surface area contributed by atoms with Gasteiger partial charge in [-0.05, 0) is 30.0 Å². The molecule has 3 nitrogen and oxygen atoms in total. The highest BCUT2D eigenvalue weighted by Gasteiger charge is 2.37. The highest BCUT2D eigenvalue weighted by molar-refractivity contribution is 5.84. The molecule has 0 aliphatic carbocycles. The van der Waals surface area contributed by atoms with Crippen molar-refractivity contribution in [3.63, 3.8) is 0 Å². The molecule has 0 bridgehead atoms. The van der Waals surface area contributed by atoms with E-state index in [1.165, 1.54) is 12.1 Å². The maximum Gasteiger partial charge on any atom is 0.241 e. The summed E-state index contributed by atoms with van der Waals surface area (Å²) in [5.74, 6) is 0.314. The summed E-state index contributed by atoms with van der Waals surface area (Å²) in [6, 6.07) is 6.14. The lowest BCUT2D eigenvalue weighted by Gasteiger charge is -2.19. The van der Waals surface area contributed by atoms with E-state index in [1.807, 2.05) is 0 Å². The summed E-state index contributed by atoms with van der Waals surface area (Å²) in [6.45, 7) is 4.19. The molecule has 1 N–H and O–H groups in total. The van der Waals surface area contributed by atoms with Crippen LogP contribution in [-0.2, 0) is 4.79 Å². The number of hydrogen-bond donors (Lipinski definition) is 1. The fraction of sp³-hybridized carbons (Fsp3) is 0.500. The summed E-state index contributed by atoms with van der Waals surface area (Å²) >= 11 is 0. The van der Waals surface area contributed by atoms with E-state index in [0.717, 1.165) is 12.0 Å². The van der Waals surface area contributed by atoms with Gasteiger partial charge < -0.3 is 4.90 Å². The second-order valence-corrected chi connectivity index (χ2v) is 5.25. The third-order valence-corrected chi connectivity index (χ3v) is 3.28. The third-order valence-electron chi connectivity index (χ3n) is 3.28. The monoisotopic (exact) mass is 250 g/mol. The lowest BCUT2D eigenvalue weighted by Crippen LogP contribution is -2.30. The molecule has 18 heavy (non-hydrogen) atoms. The van der Waals surface area contributed by atoms with Gasteiger partial charge in [-0.1, -0.05) is 26.0 Å². The number of carbonyl (C=O) groups is 1. The van der Waals surface area contributed by atoms with Crippen LogP contribution in [0.25, 0.3) is 0 Å². The maximum absolute atomic E-state index is 12.9. The average Bonchev–Trinajstić information content (AvgIpc) is 2.58. The van der Waals surface area contributed by atoms with Gasteiger partial charge in [0.1, 0.15) is 12.0 Å². The van der Waals surface area contributed by atoms with E-state index in [0.29, 0.717) is 5.92 Å². The number of likely N-dealkylation sites (N-methyl/N-ethyl adjacent to an activating group) is 1. The summed E-state index contributed by atoms with van der Waals surface area (Å²) in [7, 11) is 1.78. The van der Waals surface area contributed by atoms with Gasteiger partial charge in [0.25, 0.3) is 0 Å². The van der Waals surface area contributed by atoms with Gasteiger partial charge in [-0.2, -0.15) is 0 Å². The second kappa shape index (κ2) is 5.06. The topological polar surface area (TPSA) is 32.3 Å². The number of benzene rings is 1. The van der Waals surface area contributed by atoms with Crippen molar-refractivity contribution in [3.05, 3.63) is 35.6 Å². The van der Waals surface area contributed by atoms with Crippen molar-refractivity contribution in [3.8, 4) is 0 Å². The first-order chi connectivity index (χ1) is 8.49. The van der Waals surface area contributed by atoms with Crippen LogP contribution in [-0.4, -0.2) is 23.9 Å². The summed E-state index contributed by atoms with van der Waals surface area (Å²) in [5, 5.41) is 3.31. The fourth-order valence-electron chi connectivity index (χ4n) is 2.35. The van der Waals surface area contributed by atoms with Crippen LogP contribution < -0.4 is 5.32 Å². The smallest absolute Gasteiger partial charge is 0.241 e. The second-order valence-electron chi connectivity index (χ2n) is 5.25. The standard InChI is InChI=1S/C14H19FN2O/c1-9(2)8-12-14(18)17(3)13(16-12)10-4-6-11(15)7-5-10/h4-7,9,12-13,16H,8H2,1-3H3. The Balaban J connectivity index is 2.15. The predicted molar refractivity (Wildman–Crippen MR) is 68.3 cm³/mol. The summed E-state index contributed by atoms with van der Waals surface area (Å²) in [5.41, 5.74) is 0.915. The van der Waals surface area contributed by atoms with Crippen molar-refractivity contribution in [2.75, 3.05) is 7.05 Å². The van der Waals surface area contributed by atoms with Gasteiger partial charge in [0.2, 0.25) is 5.91 Å². The highest BCUT2D eigenvalue weighted by Crippen LogP contribution is 2.26. The molecule has 0 saturated carbocycles. The predicted octanol–water partition coefficient (Wildman–Crippen LogP) is 2.30. The number of halogens is 1. The van der Waals surface area contributed by atoms with E-state index < -0.39 is 0 Å². The van der Waals surface area contributed by atoms with Crippen LogP contribution in [0.4, 0.5) is 4.39 Å². The van der Waals surface area contributed by atoms with Crippen LogP contribution in [0.2, 0.25) is 0 Å². The van der Waals surface area contributed by atoms with Crippen molar-refractivity contribution in [2.45, 2.75) is 32.5 Å². The first-order valence-electron chi connectivity index (χ1n) is 6.27. The lowest BCUT2D eigenvalue weighted by molar-refractivity contribution is -0.129. The number of nitrogens with zero attached hydrogens (tertiary/aromatic N) is 1. The molecule has 1 amide bonds. The molecule has 0 aromatic heterocycles. The zero-order chi connectivity index (χ0) is 13.3. The zero-order valence-corrected chi connectivity index (χ0v) is 11.0. The third kappa shape index (κ3) is 2.53. The lowest BCUT2D eigenvalue weighted by atomic mass is 10.0. The molecule has 1 aliphatic heterocycles. The minimum Gasteiger partial charge on any atom is -0.325 e. The molecule has 2 unspecified atom stereocenters. The summed E-state index contributed by atoms with van der Waals surface area (Å²) in [4.78, 5) is 13.8. The van der Waals surface area contributed by atoms with E-state index >= 15 is 0 Å². The number of carbonyl (C=O) groups excluding carboxylic acids is 1. The molecule has 2 atom stereocenters. The molecule has 2 rings (SSSR count). The van der Waals surface area contributed by atoms with Crippen LogP contribution >= 0.6 is 0 Å². The number of nitrogens with one attached hydrogen (secondary N) is 1. The van der Waals surface area contributed by atoms with Crippen molar-refractivity contribution in [2.24, 2.45) is 5.92 Å². The SMILES string of the molecule is CC(C)CC1NC(c2ccc(F)cc2)N(C)C1=O. The maximum atomic E-state index is 12.9. The molecule has 1 heterocycles. The largest absolute Gasteiger partial charge is 0.325 e.